The fraction of sp³-hybridized carbons (Fsp3) is 0.263. The molecule has 1 aromatic heterocycles. The Morgan fingerprint density at radius 1 is 0.898 bits per heavy atom. The Morgan fingerprint density at radius 3 is 2.31 bits per heavy atom. The SMILES string of the molecule is CCCS(=O)(=O)NC(=O)c1ccc2c(Oc3ccc(C[C@@H](CO)N(Cc4ccccc4)C[C@H](O)COc4ccccc4)cc3)ccnc2c1. The first-order valence-electron chi connectivity index (χ1n) is 16.2. The molecule has 0 radical (unpaired) electrons. The van der Waals surface area contributed by atoms with Crippen molar-refractivity contribution in [2.24, 2.45) is 0 Å². The molecule has 0 unspecified atom stereocenters. The number of hydrogen-bond donors (Lipinski definition) is 3. The van der Waals surface area contributed by atoms with Crippen molar-refractivity contribution < 1.29 is 32.9 Å². The summed E-state index contributed by atoms with van der Waals surface area (Å²) in [5.41, 5.74) is 2.71. The van der Waals surface area contributed by atoms with Gasteiger partial charge in [-0.15, -0.1) is 0 Å². The molecule has 0 fully saturated rings. The van der Waals surface area contributed by atoms with E-state index in [1.807, 2.05) is 84.9 Å². The van der Waals surface area contributed by atoms with Gasteiger partial charge in [-0.05, 0) is 72.5 Å². The first-order valence-corrected chi connectivity index (χ1v) is 17.8. The molecule has 10 nitrogen and oxygen atoms in total. The van der Waals surface area contributed by atoms with Crippen LogP contribution < -0.4 is 14.2 Å². The van der Waals surface area contributed by atoms with Crippen molar-refractivity contribution in [3.63, 3.8) is 0 Å². The Balaban J connectivity index is 1.26. The summed E-state index contributed by atoms with van der Waals surface area (Å²) >= 11 is 0. The molecule has 256 valence electrons. The van der Waals surface area contributed by atoms with Crippen LogP contribution in [0.15, 0.2) is 115 Å². The third kappa shape index (κ3) is 10.3. The molecule has 11 heteroatoms. The van der Waals surface area contributed by atoms with Crippen LogP contribution in [0.1, 0.15) is 34.8 Å². The highest BCUT2D eigenvalue weighted by molar-refractivity contribution is 7.90. The number of hydrogen-bond acceptors (Lipinski definition) is 9. The summed E-state index contributed by atoms with van der Waals surface area (Å²) in [6.07, 6.45) is 1.72. The summed E-state index contributed by atoms with van der Waals surface area (Å²) in [6.45, 7) is 2.59. The topological polar surface area (TPSA) is 138 Å². The maximum atomic E-state index is 12.6. The Bertz CT molecular complexity index is 1910. The summed E-state index contributed by atoms with van der Waals surface area (Å²) in [5.74, 6) is 0.945. The molecule has 1 heterocycles. The predicted octanol–water partition coefficient (Wildman–Crippen LogP) is 5.34. The van der Waals surface area contributed by atoms with E-state index in [1.54, 1.807) is 25.3 Å². The van der Waals surface area contributed by atoms with E-state index >= 15 is 0 Å². The summed E-state index contributed by atoms with van der Waals surface area (Å²) in [5, 5.41) is 22.1. The number of para-hydroxylation sites is 1. The molecule has 2 atom stereocenters. The first kappa shape index (κ1) is 35.5. The smallest absolute Gasteiger partial charge is 0.264 e. The van der Waals surface area contributed by atoms with Gasteiger partial charge in [-0.2, -0.15) is 0 Å². The molecule has 49 heavy (non-hydrogen) atoms. The first-order chi connectivity index (χ1) is 23.7. The van der Waals surface area contributed by atoms with Gasteiger partial charge < -0.3 is 19.7 Å². The lowest BCUT2D eigenvalue weighted by Gasteiger charge is -2.32. The number of carbonyl (C=O) groups excluding carboxylic acids is 1. The summed E-state index contributed by atoms with van der Waals surface area (Å²) in [4.78, 5) is 19.0. The van der Waals surface area contributed by atoms with E-state index in [1.165, 1.54) is 12.1 Å². The maximum absolute atomic E-state index is 12.6. The monoisotopic (exact) mass is 683 g/mol. The summed E-state index contributed by atoms with van der Waals surface area (Å²) in [6, 6.07) is 33.1. The van der Waals surface area contributed by atoms with Gasteiger partial charge in [0.25, 0.3) is 5.91 Å². The van der Waals surface area contributed by atoms with E-state index in [9.17, 15) is 23.4 Å². The van der Waals surface area contributed by atoms with Crippen molar-refractivity contribution in [3.05, 3.63) is 132 Å². The van der Waals surface area contributed by atoms with Crippen molar-refractivity contribution >= 4 is 26.8 Å². The van der Waals surface area contributed by atoms with Crippen molar-refractivity contribution in [1.82, 2.24) is 14.6 Å². The Morgan fingerprint density at radius 2 is 1.61 bits per heavy atom. The van der Waals surface area contributed by atoms with Gasteiger partial charge in [-0.1, -0.05) is 67.6 Å². The fourth-order valence-corrected chi connectivity index (χ4v) is 6.51. The van der Waals surface area contributed by atoms with Gasteiger partial charge in [-0.3, -0.25) is 14.7 Å². The summed E-state index contributed by atoms with van der Waals surface area (Å²) < 4.78 is 38.2. The molecule has 0 saturated heterocycles. The van der Waals surface area contributed by atoms with Gasteiger partial charge in [0.1, 0.15) is 30.0 Å². The second kappa shape index (κ2) is 17.0. The second-order valence-electron chi connectivity index (χ2n) is 11.8. The van der Waals surface area contributed by atoms with Gasteiger partial charge in [0, 0.05) is 36.3 Å². The summed E-state index contributed by atoms with van der Waals surface area (Å²) in [7, 11) is -3.71. The highest BCUT2D eigenvalue weighted by atomic mass is 32.2. The molecule has 0 spiro atoms. The van der Waals surface area contributed by atoms with Gasteiger partial charge in [-0.25, -0.2) is 13.1 Å². The van der Waals surface area contributed by atoms with Gasteiger partial charge >= 0.3 is 0 Å². The number of sulfonamides is 1. The highest BCUT2D eigenvalue weighted by Crippen LogP contribution is 2.30. The number of aliphatic hydroxyl groups excluding tert-OH is 2. The molecule has 0 aliphatic heterocycles. The van der Waals surface area contributed by atoms with Crippen molar-refractivity contribution in [1.29, 1.82) is 0 Å². The average molecular weight is 684 g/mol. The fourth-order valence-electron chi connectivity index (χ4n) is 5.47. The molecule has 5 rings (SSSR count). The molecular weight excluding hydrogens is 642 g/mol. The molecule has 0 aliphatic rings. The third-order valence-electron chi connectivity index (χ3n) is 7.89. The number of nitrogens with zero attached hydrogens (tertiary/aromatic N) is 2. The van der Waals surface area contributed by atoms with E-state index in [-0.39, 0.29) is 30.6 Å². The minimum absolute atomic E-state index is 0.106. The average Bonchev–Trinajstić information content (AvgIpc) is 3.10. The number of carbonyl (C=O) groups is 1. The Hall–Kier alpha value is -4.81. The zero-order valence-electron chi connectivity index (χ0n) is 27.3. The molecule has 0 aliphatic carbocycles. The number of aliphatic hydroxyl groups is 2. The standard InChI is InChI=1S/C38H41N3O7S/c1-2-21-49(45,46)40-38(44)30-15-18-35-36(23-30)39-20-19-37(35)48-34-16-13-28(14-17-34)22-31(26-42)41(24-29-9-5-3-6-10-29)25-32(43)27-47-33-11-7-4-8-12-33/h3-20,23,31-32,42-43H,2,21-22,24-27H2,1H3,(H,40,44)/t31-,32-/m0/s1. The Labute approximate surface area is 287 Å². The predicted molar refractivity (Wildman–Crippen MR) is 189 cm³/mol. The number of nitrogens with one attached hydrogen (secondary N) is 1. The second-order valence-corrected chi connectivity index (χ2v) is 13.6. The van der Waals surface area contributed by atoms with Crippen LogP contribution in [0.3, 0.4) is 0 Å². The minimum atomic E-state index is -3.71. The quantitative estimate of drug-likeness (QED) is 0.119. The molecule has 5 aromatic rings. The zero-order valence-corrected chi connectivity index (χ0v) is 28.1. The number of ether oxygens (including phenoxy) is 2. The van der Waals surface area contributed by atoms with Crippen LogP contribution in [-0.4, -0.2) is 72.1 Å². The zero-order chi connectivity index (χ0) is 34.6. The largest absolute Gasteiger partial charge is 0.491 e. The van der Waals surface area contributed by atoms with Gasteiger partial charge in [0.2, 0.25) is 10.0 Å². The van der Waals surface area contributed by atoms with Crippen LogP contribution in [0.2, 0.25) is 0 Å². The molecule has 4 aromatic carbocycles. The number of amides is 1. The number of pyridine rings is 1. The Kier molecular flexibility index (Phi) is 12.3. The van der Waals surface area contributed by atoms with Gasteiger partial charge in [0.05, 0.1) is 17.9 Å². The lowest BCUT2D eigenvalue weighted by Crippen LogP contribution is -2.44. The molecule has 0 saturated carbocycles. The van der Waals surface area contributed by atoms with E-state index < -0.39 is 22.0 Å². The van der Waals surface area contributed by atoms with Crippen LogP contribution in [-0.2, 0) is 23.0 Å². The van der Waals surface area contributed by atoms with Crippen LogP contribution in [0.5, 0.6) is 17.2 Å². The number of fused-ring (bicyclic) bond motifs is 1. The third-order valence-corrected chi connectivity index (χ3v) is 9.34. The normalized spacial score (nSPS) is 12.8. The molecule has 0 bridgehead atoms. The van der Waals surface area contributed by atoms with Gasteiger partial charge in [0.15, 0.2) is 0 Å². The van der Waals surface area contributed by atoms with E-state index in [4.69, 9.17) is 9.47 Å². The maximum Gasteiger partial charge on any atom is 0.264 e. The van der Waals surface area contributed by atoms with E-state index in [0.717, 1.165) is 11.1 Å². The van der Waals surface area contributed by atoms with Crippen molar-refractivity contribution in [2.45, 2.75) is 38.5 Å². The number of benzene rings is 4. The van der Waals surface area contributed by atoms with Crippen molar-refractivity contribution in [3.8, 4) is 17.2 Å². The molecular formula is C38H41N3O7S. The van der Waals surface area contributed by atoms with Crippen LogP contribution in [0.25, 0.3) is 10.9 Å². The van der Waals surface area contributed by atoms with Crippen LogP contribution >= 0.6 is 0 Å². The van der Waals surface area contributed by atoms with E-state index in [2.05, 4.69) is 14.6 Å². The highest BCUT2D eigenvalue weighted by Gasteiger charge is 2.23. The lowest BCUT2D eigenvalue weighted by atomic mass is 10.0. The lowest BCUT2D eigenvalue weighted by molar-refractivity contribution is 0.0335. The van der Waals surface area contributed by atoms with E-state index in [0.29, 0.717) is 54.1 Å². The molecule has 3 N–H and O–H groups in total. The number of aromatic nitrogens is 1. The van der Waals surface area contributed by atoms with Crippen LogP contribution in [0, 0.1) is 0 Å². The number of rotatable bonds is 17. The minimum Gasteiger partial charge on any atom is -0.491 e. The van der Waals surface area contributed by atoms with Crippen molar-refractivity contribution in [2.75, 3.05) is 25.5 Å². The molecule has 1 amide bonds. The van der Waals surface area contributed by atoms with Crippen LogP contribution in [0.4, 0.5) is 0 Å².